The molecule has 1 heterocycles. The van der Waals surface area contributed by atoms with E-state index in [0.29, 0.717) is 5.82 Å². The van der Waals surface area contributed by atoms with Crippen LogP contribution in [-0.4, -0.2) is 15.0 Å². The molecule has 76 valence electrons. The lowest BCUT2D eigenvalue weighted by Gasteiger charge is -2.01. The molecule has 2 rings (SSSR count). The fraction of sp³-hybridized carbons (Fsp3) is 0. The SMILES string of the molecule is Nc1nc(N)nc(-c2ccc(Br)cc2)n1. The molecule has 2 aromatic rings. The summed E-state index contributed by atoms with van der Waals surface area (Å²) >= 11 is 3.34. The van der Waals surface area contributed by atoms with E-state index in [1.807, 2.05) is 24.3 Å². The van der Waals surface area contributed by atoms with Crippen LogP contribution >= 0.6 is 15.9 Å². The first-order chi connectivity index (χ1) is 7.15. The molecule has 0 bridgehead atoms. The lowest BCUT2D eigenvalue weighted by Crippen LogP contribution is -2.04. The molecule has 0 spiro atoms. The lowest BCUT2D eigenvalue weighted by atomic mass is 10.2. The summed E-state index contributed by atoms with van der Waals surface area (Å²) in [7, 11) is 0. The summed E-state index contributed by atoms with van der Waals surface area (Å²) in [6, 6.07) is 7.54. The molecule has 0 aliphatic carbocycles. The molecule has 5 nitrogen and oxygen atoms in total. The van der Waals surface area contributed by atoms with Crippen molar-refractivity contribution in [3.05, 3.63) is 28.7 Å². The first-order valence-corrected chi connectivity index (χ1v) is 4.97. The highest BCUT2D eigenvalue weighted by Crippen LogP contribution is 2.19. The summed E-state index contributed by atoms with van der Waals surface area (Å²) < 4.78 is 0.987. The summed E-state index contributed by atoms with van der Waals surface area (Å²) in [5.74, 6) is 0.730. The topological polar surface area (TPSA) is 90.7 Å². The molecule has 6 heteroatoms. The molecule has 0 aliphatic heterocycles. The maximum absolute atomic E-state index is 5.48. The zero-order chi connectivity index (χ0) is 10.8. The molecule has 0 unspecified atom stereocenters. The summed E-state index contributed by atoms with van der Waals surface area (Å²) in [5.41, 5.74) is 11.8. The number of hydrogen-bond acceptors (Lipinski definition) is 5. The monoisotopic (exact) mass is 265 g/mol. The molecule has 0 saturated carbocycles. The van der Waals surface area contributed by atoms with Gasteiger partial charge in [-0.2, -0.15) is 15.0 Å². The van der Waals surface area contributed by atoms with Gasteiger partial charge in [0, 0.05) is 10.0 Å². The molecular formula is C9H8BrN5. The molecule has 0 fully saturated rings. The second-order valence-corrected chi connectivity index (χ2v) is 3.80. The van der Waals surface area contributed by atoms with Crippen LogP contribution in [0.15, 0.2) is 28.7 Å². The third-order valence-electron chi connectivity index (χ3n) is 1.77. The average molecular weight is 266 g/mol. The van der Waals surface area contributed by atoms with Crippen molar-refractivity contribution < 1.29 is 0 Å². The van der Waals surface area contributed by atoms with Crippen LogP contribution in [0, 0.1) is 0 Å². The highest BCUT2D eigenvalue weighted by Gasteiger charge is 2.04. The first-order valence-electron chi connectivity index (χ1n) is 4.18. The Kier molecular flexibility index (Phi) is 2.51. The predicted octanol–water partition coefficient (Wildman–Crippen LogP) is 1.47. The van der Waals surface area contributed by atoms with E-state index in [-0.39, 0.29) is 11.9 Å². The Morgan fingerprint density at radius 2 is 1.40 bits per heavy atom. The fourth-order valence-electron chi connectivity index (χ4n) is 1.14. The van der Waals surface area contributed by atoms with Gasteiger partial charge in [-0.05, 0) is 12.1 Å². The van der Waals surface area contributed by atoms with Gasteiger partial charge in [0.15, 0.2) is 5.82 Å². The molecule has 4 N–H and O–H groups in total. The number of halogens is 1. The molecule has 0 amide bonds. The van der Waals surface area contributed by atoms with E-state index in [2.05, 4.69) is 30.9 Å². The largest absolute Gasteiger partial charge is 0.368 e. The van der Waals surface area contributed by atoms with E-state index in [9.17, 15) is 0 Å². The van der Waals surface area contributed by atoms with Gasteiger partial charge in [0.1, 0.15) is 0 Å². The zero-order valence-corrected chi connectivity index (χ0v) is 9.27. The van der Waals surface area contributed by atoms with Crippen LogP contribution in [0.5, 0.6) is 0 Å². The minimum atomic E-state index is 0.125. The number of nitrogens with two attached hydrogens (primary N) is 2. The maximum Gasteiger partial charge on any atom is 0.225 e. The summed E-state index contributed by atoms with van der Waals surface area (Å²) in [4.78, 5) is 11.7. The van der Waals surface area contributed by atoms with Gasteiger partial charge in [-0.3, -0.25) is 0 Å². The van der Waals surface area contributed by atoms with Gasteiger partial charge in [-0.15, -0.1) is 0 Å². The van der Waals surface area contributed by atoms with E-state index >= 15 is 0 Å². The van der Waals surface area contributed by atoms with Crippen LogP contribution in [-0.2, 0) is 0 Å². The normalized spacial score (nSPS) is 10.2. The van der Waals surface area contributed by atoms with Crippen LogP contribution in [0.3, 0.4) is 0 Å². The smallest absolute Gasteiger partial charge is 0.225 e. The molecule has 0 aliphatic rings. The standard InChI is InChI=1S/C9H8BrN5/c10-6-3-1-5(2-4-6)7-13-8(11)15-9(12)14-7/h1-4H,(H4,11,12,13,14,15). The molecule has 1 aromatic carbocycles. The van der Waals surface area contributed by atoms with Crippen molar-refractivity contribution >= 4 is 27.8 Å². The minimum Gasteiger partial charge on any atom is -0.368 e. The number of nitrogens with zero attached hydrogens (tertiary/aromatic N) is 3. The molecule has 1 aromatic heterocycles. The molecular weight excluding hydrogens is 258 g/mol. The number of anilines is 2. The van der Waals surface area contributed by atoms with Crippen molar-refractivity contribution in [2.24, 2.45) is 0 Å². The average Bonchev–Trinajstić information content (AvgIpc) is 2.17. The second-order valence-electron chi connectivity index (χ2n) is 2.88. The number of benzene rings is 1. The lowest BCUT2D eigenvalue weighted by molar-refractivity contribution is 1.09. The zero-order valence-electron chi connectivity index (χ0n) is 7.68. The highest BCUT2D eigenvalue weighted by atomic mass is 79.9. The van der Waals surface area contributed by atoms with Crippen molar-refractivity contribution in [1.82, 2.24) is 15.0 Å². The van der Waals surface area contributed by atoms with Crippen molar-refractivity contribution in [3.8, 4) is 11.4 Å². The molecule has 0 saturated heterocycles. The van der Waals surface area contributed by atoms with Gasteiger partial charge in [0.25, 0.3) is 0 Å². The quantitative estimate of drug-likeness (QED) is 0.815. The van der Waals surface area contributed by atoms with Gasteiger partial charge < -0.3 is 11.5 Å². The second kappa shape index (κ2) is 3.82. The molecule has 0 atom stereocenters. The Balaban J connectivity index is 2.49. The Labute approximate surface area is 94.7 Å². The van der Waals surface area contributed by atoms with Crippen LogP contribution in [0.4, 0.5) is 11.9 Å². The Morgan fingerprint density at radius 1 is 0.867 bits per heavy atom. The van der Waals surface area contributed by atoms with E-state index in [1.165, 1.54) is 0 Å². The van der Waals surface area contributed by atoms with Gasteiger partial charge in [0.2, 0.25) is 11.9 Å². The number of hydrogen-bond donors (Lipinski definition) is 2. The van der Waals surface area contributed by atoms with Crippen molar-refractivity contribution in [2.45, 2.75) is 0 Å². The Bertz CT molecular complexity index is 462. The van der Waals surface area contributed by atoms with Gasteiger partial charge in [-0.1, -0.05) is 28.1 Å². The highest BCUT2D eigenvalue weighted by molar-refractivity contribution is 9.10. The van der Waals surface area contributed by atoms with E-state index in [0.717, 1.165) is 10.0 Å². The molecule has 0 radical (unpaired) electrons. The Morgan fingerprint density at radius 3 is 1.93 bits per heavy atom. The van der Waals surface area contributed by atoms with E-state index in [4.69, 9.17) is 11.5 Å². The maximum atomic E-state index is 5.48. The van der Waals surface area contributed by atoms with Gasteiger partial charge in [-0.25, -0.2) is 0 Å². The third kappa shape index (κ3) is 2.21. The number of rotatable bonds is 1. The fourth-order valence-corrected chi connectivity index (χ4v) is 1.40. The minimum absolute atomic E-state index is 0.125. The van der Waals surface area contributed by atoms with Crippen LogP contribution in [0.1, 0.15) is 0 Å². The molecule has 15 heavy (non-hydrogen) atoms. The first kappa shape index (κ1) is 9.85. The number of aromatic nitrogens is 3. The van der Waals surface area contributed by atoms with Gasteiger partial charge in [0.05, 0.1) is 0 Å². The van der Waals surface area contributed by atoms with Crippen molar-refractivity contribution in [1.29, 1.82) is 0 Å². The van der Waals surface area contributed by atoms with E-state index in [1.54, 1.807) is 0 Å². The van der Waals surface area contributed by atoms with Crippen LogP contribution in [0.25, 0.3) is 11.4 Å². The third-order valence-corrected chi connectivity index (χ3v) is 2.30. The van der Waals surface area contributed by atoms with Gasteiger partial charge >= 0.3 is 0 Å². The van der Waals surface area contributed by atoms with Crippen molar-refractivity contribution in [3.63, 3.8) is 0 Å². The predicted molar refractivity (Wildman–Crippen MR) is 61.8 cm³/mol. The van der Waals surface area contributed by atoms with Crippen molar-refractivity contribution in [2.75, 3.05) is 11.5 Å². The van der Waals surface area contributed by atoms with Crippen LogP contribution < -0.4 is 11.5 Å². The number of nitrogen functional groups attached to an aromatic ring is 2. The van der Waals surface area contributed by atoms with Crippen LogP contribution in [0.2, 0.25) is 0 Å². The summed E-state index contributed by atoms with van der Waals surface area (Å²) in [5, 5.41) is 0. The van der Waals surface area contributed by atoms with E-state index < -0.39 is 0 Å². The summed E-state index contributed by atoms with van der Waals surface area (Å²) in [6.45, 7) is 0. The summed E-state index contributed by atoms with van der Waals surface area (Å²) in [6.07, 6.45) is 0. The Hall–Kier alpha value is -1.69.